The normalized spacial score (nSPS) is 18.0. The summed E-state index contributed by atoms with van der Waals surface area (Å²) in [6, 6.07) is 3.94. The van der Waals surface area contributed by atoms with E-state index in [-0.39, 0.29) is 6.04 Å². The molecule has 218 valence electrons. The van der Waals surface area contributed by atoms with Gasteiger partial charge in [-0.2, -0.15) is 10.2 Å². The number of hydrogen-bond acceptors (Lipinski definition) is 11. The molecule has 1 atom stereocenters. The van der Waals surface area contributed by atoms with Gasteiger partial charge in [-0.15, -0.1) is 11.3 Å². The third kappa shape index (κ3) is 5.23. The van der Waals surface area contributed by atoms with Gasteiger partial charge in [0.2, 0.25) is 5.88 Å². The highest BCUT2D eigenvalue weighted by molar-refractivity contribution is 7.15. The van der Waals surface area contributed by atoms with Crippen LogP contribution in [0.5, 0.6) is 5.88 Å². The number of thiazole rings is 1. The van der Waals surface area contributed by atoms with Crippen molar-refractivity contribution in [1.29, 1.82) is 0 Å². The number of ether oxygens (including phenoxy) is 1. The quantitative estimate of drug-likeness (QED) is 0.319. The van der Waals surface area contributed by atoms with Gasteiger partial charge in [-0.3, -0.25) is 9.58 Å². The van der Waals surface area contributed by atoms with Crippen molar-refractivity contribution in [3.05, 3.63) is 41.8 Å². The van der Waals surface area contributed by atoms with E-state index in [1.807, 2.05) is 31.6 Å². The number of anilines is 2. The van der Waals surface area contributed by atoms with Crippen LogP contribution in [0, 0.1) is 0 Å². The SMILES string of the molecule is CCCN1CCN(Cc2cnc(-c3nn4c5cc(ncc35)Nc3ccnc(n3)-c3cnn(C)c3OCC[C@@H]4C)s2)CC1. The molecule has 0 saturated carbocycles. The lowest BCUT2D eigenvalue weighted by molar-refractivity contribution is 0.128. The van der Waals surface area contributed by atoms with Gasteiger partial charge in [0.15, 0.2) is 5.82 Å². The molecule has 1 N–H and O–H groups in total. The van der Waals surface area contributed by atoms with Gasteiger partial charge >= 0.3 is 0 Å². The highest BCUT2D eigenvalue weighted by Crippen LogP contribution is 2.35. The standard InChI is InChI=1S/C29H35N11OS/c1-4-8-38-9-11-39(12-10-38)18-20-15-32-28(42-20)26-21-16-31-25-14-23(21)40(36-26)19(2)6-13-41-29-22(17-33-37(29)3)27-30-7-5-24(34-25)35-27/h5,7,14-17,19H,4,6,8-13,18H2,1-3H3,(H,30,31,34,35)/t19-/m0/s1. The molecule has 0 amide bonds. The molecule has 13 heteroatoms. The first-order valence-corrected chi connectivity index (χ1v) is 15.4. The lowest BCUT2D eigenvalue weighted by Gasteiger charge is -2.34. The molecule has 1 saturated heterocycles. The van der Waals surface area contributed by atoms with E-state index in [9.17, 15) is 0 Å². The second-order valence-electron chi connectivity index (χ2n) is 11.0. The summed E-state index contributed by atoms with van der Waals surface area (Å²) in [6.07, 6.45) is 9.32. The number of nitrogens with zero attached hydrogens (tertiary/aromatic N) is 10. The van der Waals surface area contributed by atoms with Crippen LogP contribution in [0.3, 0.4) is 0 Å². The third-order valence-corrected chi connectivity index (χ3v) is 8.95. The lowest BCUT2D eigenvalue weighted by Crippen LogP contribution is -2.45. The molecule has 1 fully saturated rings. The minimum atomic E-state index is 0.0732. The van der Waals surface area contributed by atoms with Gasteiger partial charge in [-0.25, -0.2) is 24.6 Å². The Hall–Kier alpha value is -3.94. The molecule has 0 unspecified atom stereocenters. The first kappa shape index (κ1) is 26.9. The third-order valence-electron chi connectivity index (χ3n) is 7.96. The summed E-state index contributed by atoms with van der Waals surface area (Å²) in [5, 5.41) is 14.8. The Bertz CT molecular complexity index is 1700. The van der Waals surface area contributed by atoms with Gasteiger partial charge in [0.25, 0.3) is 0 Å². The number of aromatic nitrogens is 8. The van der Waals surface area contributed by atoms with Gasteiger partial charge in [-0.1, -0.05) is 6.92 Å². The number of fused-ring (bicyclic) bond motifs is 5. The van der Waals surface area contributed by atoms with Crippen LogP contribution in [0.2, 0.25) is 0 Å². The van der Waals surface area contributed by atoms with Crippen molar-refractivity contribution in [2.75, 3.05) is 44.6 Å². The van der Waals surface area contributed by atoms with E-state index in [0.717, 1.165) is 66.3 Å². The smallest absolute Gasteiger partial charge is 0.222 e. The van der Waals surface area contributed by atoms with Crippen molar-refractivity contribution in [2.24, 2.45) is 7.05 Å². The molecule has 12 nitrogen and oxygen atoms in total. The maximum absolute atomic E-state index is 6.24. The predicted molar refractivity (Wildman–Crippen MR) is 163 cm³/mol. The fourth-order valence-corrected chi connectivity index (χ4v) is 6.63. The summed E-state index contributed by atoms with van der Waals surface area (Å²) in [7, 11) is 1.86. The average molecular weight is 586 g/mol. The monoisotopic (exact) mass is 585 g/mol. The van der Waals surface area contributed by atoms with Gasteiger partial charge in [0.1, 0.15) is 27.9 Å². The van der Waals surface area contributed by atoms with Crippen molar-refractivity contribution in [1.82, 2.24) is 49.3 Å². The summed E-state index contributed by atoms with van der Waals surface area (Å²) < 4.78 is 10.0. The maximum Gasteiger partial charge on any atom is 0.222 e. The minimum Gasteiger partial charge on any atom is -0.477 e. The highest BCUT2D eigenvalue weighted by atomic mass is 32.1. The predicted octanol–water partition coefficient (Wildman–Crippen LogP) is 4.36. The van der Waals surface area contributed by atoms with Gasteiger partial charge in [-0.05, 0) is 26.0 Å². The molecule has 7 rings (SSSR count). The molecule has 0 aromatic carbocycles. The summed E-state index contributed by atoms with van der Waals surface area (Å²) >= 11 is 1.72. The van der Waals surface area contributed by atoms with E-state index < -0.39 is 0 Å². The summed E-state index contributed by atoms with van der Waals surface area (Å²) in [5.74, 6) is 2.51. The number of rotatable bonds is 5. The second kappa shape index (κ2) is 11.4. The van der Waals surface area contributed by atoms with E-state index in [2.05, 4.69) is 43.7 Å². The van der Waals surface area contributed by atoms with Gasteiger partial charge < -0.3 is 15.0 Å². The minimum absolute atomic E-state index is 0.0732. The van der Waals surface area contributed by atoms with Crippen LogP contribution in [-0.2, 0) is 13.6 Å². The fraction of sp³-hybridized carbons (Fsp3) is 0.448. The van der Waals surface area contributed by atoms with Crippen LogP contribution >= 0.6 is 11.3 Å². The van der Waals surface area contributed by atoms with Gasteiger partial charge in [0, 0.05) is 81.1 Å². The first-order valence-electron chi connectivity index (χ1n) is 14.6. The number of pyridine rings is 1. The lowest BCUT2D eigenvalue weighted by atomic mass is 10.2. The maximum atomic E-state index is 6.24. The molecule has 5 aromatic heterocycles. The Morgan fingerprint density at radius 3 is 2.76 bits per heavy atom. The first-order chi connectivity index (χ1) is 20.6. The van der Waals surface area contributed by atoms with Crippen LogP contribution in [-0.4, -0.2) is 88.6 Å². The number of aryl methyl sites for hydroxylation is 1. The van der Waals surface area contributed by atoms with E-state index in [0.29, 0.717) is 29.9 Å². The van der Waals surface area contributed by atoms with Crippen molar-refractivity contribution in [3.8, 4) is 28.0 Å². The van der Waals surface area contributed by atoms with E-state index in [1.165, 1.54) is 17.8 Å². The zero-order valence-electron chi connectivity index (χ0n) is 24.2. The average Bonchev–Trinajstić information content (AvgIpc) is 3.71. The summed E-state index contributed by atoms with van der Waals surface area (Å²) in [5.41, 5.74) is 2.61. The van der Waals surface area contributed by atoms with Crippen molar-refractivity contribution < 1.29 is 4.74 Å². The molecule has 5 aromatic rings. The number of nitrogens with one attached hydrogen (secondary N) is 1. The molecule has 0 radical (unpaired) electrons. The Balaban J connectivity index is 1.20. The fourth-order valence-electron chi connectivity index (χ4n) is 5.68. The molecule has 2 aliphatic rings. The van der Waals surface area contributed by atoms with E-state index in [4.69, 9.17) is 24.8 Å². The molecule has 2 aliphatic heterocycles. The second-order valence-corrected chi connectivity index (χ2v) is 12.1. The zero-order valence-corrected chi connectivity index (χ0v) is 25.0. The Kier molecular flexibility index (Phi) is 7.30. The topological polar surface area (TPSA) is 115 Å². The van der Waals surface area contributed by atoms with Crippen LogP contribution in [0.4, 0.5) is 11.6 Å². The van der Waals surface area contributed by atoms with Crippen molar-refractivity contribution in [3.63, 3.8) is 0 Å². The van der Waals surface area contributed by atoms with E-state index >= 15 is 0 Å². The van der Waals surface area contributed by atoms with Crippen LogP contribution in [0.15, 0.2) is 36.9 Å². The Morgan fingerprint density at radius 1 is 1.05 bits per heavy atom. The Morgan fingerprint density at radius 2 is 1.90 bits per heavy atom. The molecular weight excluding hydrogens is 550 g/mol. The number of hydrogen-bond donors (Lipinski definition) is 1. The molecule has 0 spiro atoms. The molecular formula is C29H35N11OS. The molecule has 0 aliphatic carbocycles. The highest BCUT2D eigenvalue weighted by Gasteiger charge is 2.23. The molecule has 4 bridgehead atoms. The van der Waals surface area contributed by atoms with Crippen LogP contribution < -0.4 is 10.1 Å². The van der Waals surface area contributed by atoms with Gasteiger partial charge in [0.05, 0.1) is 24.4 Å². The number of piperazine rings is 1. The molecule has 7 heterocycles. The summed E-state index contributed by atoms with van der Waals surface area (Å²) in [6.45, 7) is 11.5. The largest absolute Gasteiger partial charge is 0.477 e. The van der Waals surface area contributed by atoms with Crippen molar-refractivity contribution in [2.45, 2.75) is 39.3 Å². The van der Waals surface area contributed by atoms with Crippen LogP contribution in [0.1, 0.15) is 37.6 Å². The zero-order chi connectivity index (χ0) is 28.6. The summed E-state index contributed by atoms with van der Waals surface area (Å²) in [4.78, 5) is 25.1. The van der Waals surface area contributed by atoms with Crippen molar-refractivity contribution >= 4 is 33.9 Å². The van der Waals surface area contributed by atoms with Crippen LogP contribution in [0.25, 0.3) is 33.0 Å². The Labute approximate surface area is 248 Å². The van der Waals surface area contributed by atoms with E-state index in [1.54, 1.807) is 28.4 Å². The molecule has 42 heavy (non-hydrogen) atoms.